The highest BCUT2D eigenvalue weighted by molar-refractivity contribution is 7.19. The smallest absolute Gasteiger partial charge is 0.295 e. The highest BCUT2D eigenvalue weighted by Gasteiger charge is 2.24. The van der Waals surface area contributed by atoms with Gasteiger partial charge in [-0.25, -0.2) is 9.67 Å². The van der Waals surface area contributed by atoms with E-state index < -0.39 is 0 Å². The fraction of sp³-hybridized carbons (Fsp3) is 0.115. The van der Waals surface area contributed by atoms with Gasteiger partial charge in [-0.1, -0.05) is 72.8 Å². The van der Waals surface area contributed by atoms with Crippen molar-refractivity contribution in [3.05, 3.63) is 111 Å². The second-order valence-corrected chi connectivity index (χ2v) is 8.67. The molecule has 0 fully saturated rings. The zero-order valence-electron chi connectivity index (χ0n) is 17.7. The van der Waals surface area contributed by atoms with Crippen LogP contribution in [-0.4, -0.2) is 21.9 Å². The van der Waals surface area contributed by atoms with E-state index in [9.17, 15) is 4.79 Å². The first-order chi connectivity index (χ1) is 15.7. The molecule has 158 valence electrons. The Kier molecular flexibility index (Phi) is 5.29. The van der Waals surface area contributed by atoms with Crippen LogP contribution in [0.5, 0.6) is 5.75 Å². The normalized spacial score (nSPS) is 11.2. The Bertz CT molecular complexity index is 1400. The summed E-state index contributed by atoms with van der Waals surface area (Å²) in [6.07, 6.45) is 0. The van der Waals surface area contributed by atoms with Crippen molar-refractivity contribution in [1.82, 2.24) is 14.8 Å². The summed E-state index contributed by atoms with van der Waals surface area (Å²) in [6.45, 7) is 1.91. The number of fused-ring (bicyclic) bond motifs is 1. The third-order valence-electron chi connectivity index (χ3n) is 5.39. The van der Waals surface area contributed by atoms with Crippen LogP contribution in [0.3, 0.4) is 0 Å². The highest BCUT2D eigenvalue weighted by Crippen LogP contribution is 2.33. The molecule has 2 aromatic heterocycles. The average Bonchev–Trinajstić information content (AvgIpc) is 3.24. The minimum Gasteiger partial charge on any atom is -0.497 e. The van der Waals surface area contributed by atoms with E-state index in [1.54, 1.807) is 11.8 Å². The van der Waals surface area contributed by atoms with Crippen molar-refractivity contribution in [1.29, 1.82) is 0 Å². The van der Waals surface area contributed by atoms with Crippen LogP contribution in [0.1, 0.15) is 22.2 Å². The summed E-state index contributed by atoms with van der Waals surface area (Å²) in [4.78, 5) is 18.2. The van der Waals surface area contributed by atoms with Crippen LogP contribution >= 0.6 is 11.3 Å². The maximum Gasteiger partial charge on any atom is 0.295 e. The third kappa shape index (κ3) is 3.59. The lowest BCUT2D eigenvalue weighted by molar-refractivity contribution is 0.415. The van der Waals surface area contributed by atoms with Crippen molar-refractivity contribution in [3.8, 4) is 17.0 Å². The number of benzene rings is 3. The molecule has 5 nitrogen and oxygen atoms in total. The summed E-state index contributed by atoms with van der Waals surface area (Å²) in [7, 11) is 1.64. The van der Waals surface area contributed by atoms with Gasteiger partial charge in [0.05, 0.1) is 16.8 Å². The molecule has 5 rings (SSSR count). The first-order valence-corrected chi connectivity index (χ1v) is 11.1. The van der Waals surface area contributed by atoms with Gasteiger partial charge < -0.3 is 4.74 Å². The highest BCUT2D eigenvalue weighted by atomic mass is 32.1. The van der Waals surface area contributed by atoms with Gasteiger partial charge in [0, 0.05) is 5.56 Å². The first kappa shape index (κ1) is 20.2. The van der Waals surface area contributed by atoms with E-state index in [4.69, 9.17) is 9.84 Å². The molecule has 32 heavy (non-hydrogen) atoms. The molecule has 0 saturated carbocycles. The molecule has 0 aliphatic heterocycles. The van der Waals surface area contributed by atoms with Gasteiger partial charge in [0.1, 0.15) is 17.5 Å². The molecule has 0 N–H and O–H groups in total. The van der Waals surface area contributed by atoms with Crippen molar-refractivity contribution in [2.45, 2.75) is 13.0 Å². The Morgan fingerprint density at radius 3 is 2.19 bits per heavy atom. The molecule has 0 amide bonds. The SMILES string of the molecule is COc1cccc(-c2nn(C(c3ccccc3)c3ccccc3)c(=O)c3nc(C)sc23)c1. The molecule has 0 unspecified atom stereocenters. The molecule has 0 bridgehead atoms. The number of ether oxygens (including phenoxy) is 1. The number of methoxy groups -OCH3 is 1. The average molecular weight is 440 g/mol. The second-order valence-electron chi connectivity index (χ2n) is 7.46. The molecule has 0 radical (unpaired) electrons. The number of aromatic nitrogens is 3. The van der Waals surface area contributed by atoms with Crippen LogP contribution in [-0.2, 0) is 0 Å². The van der Waals surface area contributed by atoms with Gasteiger partial charge >= 0.3 is 0 Å². The predicted molar refractivity (Wildman–Crippen MR) is 129 cm³/mol. The van der Waals surface area contributed by atoms with Gasteiger partial charge in [-0.2, -0.15) is 5.10 Å². The zero-order chi connectivity index (χ0) is 22.1. The Morgan fingerprint density at radius 1 is 0.906 bits per heavy atom. The van der Waals surface area contributed by atoms with Crippen molar-refractivity contribution in [2.75, 3.05) is 7.11 Å². The van der Waals surface area contributed by atoms with Crippen LogP contribution in [0.15, 0.2) is 89.7 Å². The van der Waals surface area contributed by atoms with E-state index in [0.29, 0.717) is 5.52 Å². The van der Waals surface area contributed by atoms with E-state index in [2.05, 4.69) is 4.98 Å². The molecule has 0 atom stereocenters. The summed E-state index contributed by atoms with van der Waals surface area (Å²) in [6, 6.07) is 27.3. The van der Waals surface area contributed by atoms with Crippen LogP contribution in [0.2, 0.25) is 0 Å². The number of nitrogens with zero attached hydrogens (tertiary/aromatic N) is 3. The predicted octanol–water partition coefficient (Wildman–Crippen LogP) is 5.47. The fourth-order valence-corrected chi connectivity index (χ4v) is 4.84. The van der Waals surface area contributed by atoms with Gasteiger partial charge in [0.25, 0.3) is 5.56 Å². The molecule has 3 aromatic carbocycles. The van der Waals surface area contributed by atoms with E-state index in [0.717, 1.165) is 37.8 Å². The maximum atomic E-state index is 13.7. The van der Waals surface area contributed by atoms with Crippen molar-refractivity contribution < 1.29 is 4.74 Å². The summed E-state index contributed by atoms with van der Waals surface area (Å²) >= 11 is 1.49. The molecule has 5 aromatic rings. The Hall–Kier alpha value is -3.77. The Morgan fingerprint density at radius 2 is 1.56 bits per heavy atom. The molecular weight excluding hydrogens is 418 g/mol. The molecule has 0 aliphatic rings. The van der Waals surface area contributed by atoms with Gasteiger partial charge in [0.2, 0.25) is 0 Å². The molecule has 0 aliphatic carbocycles. The summed E-state index contributed by atoms with van der Waals surface area (Å²) < 4.78 is 7.78. The van der Waals surface area contributed by atoms with Crippen LogP contribution in [0, 0.1) is 6.92 Å². The maximum absolute atomic E-state index is 13.7. The fourth-order valence-electron chi connectivity index (χ4n) is 3.92. The first-order valence-electron chi connectivity index (χ1n) is 10.3. The molecular formula is C26H21N3O2S. The lowest BCUT2D eigenvalue weighted by Gasteiger charge is -2.21. The van der Waals surface area contributed by atoms with Crippen molar-refractivity contribution in [3.63, 3.8) is 0 Å². The Balaban J connectivity index is 1.83. The summed E-state index contributed by atoms with van der Waals surface area (Å²) in [5.74, 6) is 0.735. The lowest BCUT2D eigenvalue weighted by Crippen LogP contribution is -2.29. The second kappa shape index (κ2) is 8.40. The third-order valence-corrected chi connectivity index (χ3v) is 6.36. The minimum atomic E-state index is -0.374. The number of thiazole rings is 1. The number of aryl methyl sites for hydroxylation is 1. The number of rotatable bonds is 5. The van der Waals surface area contributed by atoms with E-state index in [1.807, 2.05) is 91.9 Å². The van der Waals surface area contributed by atoms with E-state index >= 15 is 0 Å². The minimum absolute atomic E-state index is 0.200. The topological polar surface area (TPSA) is 57.0 Å². The summed E-state index contributed by atoms with van der Waals surface area (Å²) in [5, 5.41) is 5.76. The summed E-state index contributed by atoms with van der Waals surface area (Å²) in [5.41, 5.74) is 3.81. The van der Waals surface area contributed by atoms with E-state index in [-0.39, 0.29) is 11.6 Å². The van der Waals surface area contributed by atoms with Gasteiger partial charge in [-0.3, -0.25) is 4.79 Å². The number of hydrogen-bond acceptors (Lipinski definition) is 5. The Labute approximate surface area is 189 Å². The number of hydrogen-bond donors (Lipinski definition) is 0. The van der Waals surface area contributed by atoms with Crippen LogP contribution in [0.25, 0.3) is 21.5 Å². The standard InChI is InChI=1S/C26H21N3O2S/c1-17-27-23-25(32-17)22(20-14-9-15-21(16-20)31-2)28-29(26(23)30)24(18-10-5-3-6-11-18)19-12-7-4-8-13-19/h3-16,24H,1-2H3. The molecule has 0 spiro atoms. The molecule has 6 heteroatoms. The van der Waals surface area contributed by atoms with Crippen LogP contribution in [0.4, 0.5) is 0 Å². The van der Waals surface area contributed by atoms with Crippen molar-refractivity contribution >= 4 is 21.6 Å². The van der Waals surface area contributed by atoms with Gasteiger partial charge in [0.15, 0.2) is 5.52 Å². The van der Waals surface area contributed by atoms with Crippen LogP contribution < -0.4 is 10.3 Å². The molecule has 2 heterocycles. The van der Waals surface area contributed by atoms with Crippen molar-refractivity contribution in [2.24, 2.45) is 0 Å². The lowest BCUT2D eigenvalue weighted by atomic mass is 9.99. The van der Waals surface area contributed by atoms with E-state index in [1.165, 1.54) is 11.3 Å². The van der Waals surface area contributed by atoms with Gasteiger partial charge in [-0.05, 0) is 30.2 Å². The molecule has 0 saturated heterocycles. The largest absolute Gasteiger partial charge is 0.497 e. The quantitative estimate of drug-likeness (QED) is 0.364. The zero-order valence-corrected chi connectivity index (χ0v) is 18.5. The van der Waals surface area contributed by atoms with Gasteiger partial charge in [-0.15, -0.1) is 11.3 Å². The monoisotopic (exact) mass is 439 g/mol.